The van der Waals surface area contributed by atoms with Gasteiger partial charge in [-0.25, -0.2) is 0 Å². The van der Waals surface area contributed by atoms with E-state index in [2.05, 4.69) is 20.6 Å². The molecule has 2 aromatic heterocycles. The fraction of sp³-hybridized carbons (Fsp3) is 0.0833. The quantitative estimate of drug-likeness (QED) is 0.0953. The molecule has 0 saturated carbocycles. The molecule has 0 aliphatic carbocycles. The number of benzene rings is 6. The van der Waals surface area contributed by atoms with Gasteiger partial charge in [0.05, 0.1) is 12.1 Å². The molecule has 2 heterocycles. The molecule has 12 heteroatoms. The molecule has 0 aliphatic rings. The summed E-state index contributed by atoms with van der Waals surface area (Å²) in [5.74, 6) is 0.566. The van der Waals surface area contributed by atoms with E-state index in [0.717, 1.165) is 16.3 Å². The number of fused-ring (bicyclic) bond motifs is 2. The number of aromatic hydroxyl groups is 2. The van der Waals surface area contributed by atoms with Crippen molar-refractivity contribution in [1.29, 1.82) is 0 Å². The third kappa shape index (κ3) is 10.1. The number of nitrogens with zero attached hydrogens (tertiary/aromatic N) is 2. The Morgan fingerprint density at radius 3 is 1.50 bits per heavy atom. The van der Waals surface area contributed by atoms with Gasteiger partial charge in [-0.1, -0.05) is 126 Å². The highest BCUT2D eigenvalue weighted by molar-refractivity contribution is 6.31. The normalized spacial score (nSPS) is 11.8. The van der Waals surface area contributed by atoms with Gasteiger partial charge < -0.3 is 30.3 Å². The number of halogens is 2. The molecule has 2 amide bonds. The maximum absolute atomic E-state index is 12.7. The summed E-state index contributed by atoms with van der Waals surface area (Å²) in [4.78, 5) is 33.9. The van der Waals surface area contributed by atoms with Crippen LogP contribution in [-0.4, -0.2) is 45.2 Å². The Bertz CT molecular complexity index is 2720. The summed E-state index contributed by atoms with van der Waals surface area (Å²) in [6, 6.07) is 45.9. The minimum atomic E-state index is -0.669. The summed E-state index contributed by atoms with van der Waals surface area (Å²) in [6.07, 6.45) is 3.23. The van der Waals surface area contributed by atoms with Crippen LogP contribution in [0, 0.1) is 0 Å². The number of ether oxygens (including phenoxy) is 2. The van der Waals surface area contributed by atoms with Gasteiger partial charge in [-0.2, -0.15) is 0 Å². The SMILES string of the molecule is O=C(COc1ccccc1)NC(c1ccc(Cl)cc1)c1ccc2cccnc2c1O.O=C(COc1ccccc1)NC(c1ccccc1Cl)c1ccc2cccnc2c1O. The summed E-state index contributed by atoms with van der Waals surface area (Å²) in [6.45, 7) is -0.321. The number of carbonyl (C=O) groups is 2. The minimum absolute atomic E-state index is 0.00213. The van der Waals surface area contributed by atoms with Crippen LogP contribution in [0.1, 0.15) is 34.3 Å². The number of hydrogen-bond acceptors (Lipinski definition) is 8. The van der Waals surface area contributed by atoms with Crippen molar-refractivity contribution in [2.45, 2.75) is 12.1 Å². The predicted molar refractivity (Wildman–Crippen MR) is 234 cm³/mol. The van der Waals surface area contributed by atoms with Gasteiger partial charge in [0, 0.05) is 44.3 Å². The van der Waals surface area contributed by atoms with Gasteiger partial charge >= 0.3 is 0 Å². The molecular formula is C48H38Cl2N4O6. The molecular weight excluding hydrogens is 799 g/mol. The Kier molecular flexibility index (Phi) is 13.4. The number of hydrogen-bond donors (Lipinski definition) is 4. The van der Waals surface area contributed by atoms with E-state index in [1.54, 1.807) is 79.1 Å². The van der Waals surface area contributed by atoms with Crippen LogP contribution in [0.3, 0.4) is 0 Å². The topological polar surface area (TPSA) is 143 Å². The van der Waals surface area contributed by atoms with E-state index in [9.17, 15) is 19.8 Å². The summed E-state index contributed by atoms with van der Waals surface area (Å²) in [5.41, 5.74) is 3.42. The first kappa shape index (κ1) is 41.0. The summed E-state index contributed by atoms with van der Waals surface area (Å²) in [5, 5.41) is 30.3. The van der Waals surface area contributed by atoms with Gasteiger partial charge in [0.2, 0.25) is 0 Å². The minimum Gasteiger partial charge on any atom is -0.505 e. The van der Waals surface area contributed by atoms with Crippen molar-refractivity contribution in [3.8, 4) is 23.0 Å². The van der Waals surface area contributed by atoms with Crippen molar-refractivity contribution >= 4 is 56.8 Å². The summed E-state index contributed by atoms with van der Waals surface area (Å²) in [7, 11) is 0. The van der Waals surface area contributed by atoms with Crippen molar-refractivity contribution in [2.24, 2.45) is 0 Å². The molecule has 6 aromatic carbocycles. The zero-order valence-corrected chi connectivity index (χ0v) is 33.4. The van der Waals surface area contributed by atoms with Crippen LogP contribution in [-0.2, 0) is 9.59 Å². The van der Waals surface area contributed by atoms with Crippen LogP contribution in [0.2, 0.25) is 10.0 Å². The molecule has 300 valence electrons. The van der Waals surface area contributed by atoms with Gasteiger partial charge in [-0.15, -0.1) is 0 Å². The Balaban J connectivity index is 0.000000181. The molecule has 60 heavy (non-hydrogen) atoms. The Labute approximate surface area is 356 Å². The van der Waals surface area contributed by atoms with Gasteiger partial charge in [0.1, 0.15) is 34.0 Å². The number of phenols is 2. The maximum Gasteiger partial charge on any atom is 0.258 e. The lowest BCUT2D eigenvalue weighted by Gasteiger charge is -2.22. The largest absolute Gasteiger partial charge is 0.505 e. The molecule has 8 rings (SSSR count). The number of phenolic OH excluding ortho intramolecular Hbond substituents is 2. The highest BCUT2D eigenvalue weighted by atomic mass is 35.5. The van der Waals surface area contributed by atoms with Crippen molar-refractivity contribution in [3.05, 3.63) is 202 Å². The number of para-hydroxylation sites is 2. The van der Waals surface area contributed by atoms with Crippen molar-refractivity contribution < 1.29 is 29.3 Å². The Morgan fingerprint density at radius 2 is 0.983 bits per heavy atom. The van der Waals surface area contributed by atoms with Crippen molar-refractivity contribution in [2.75, 3.05) is 13.2 Å². The first-order chi connectivity index (χ1) is 29.2. The van der Waals surface area contributed by atoms with E-state index in [-0.39, 0.29) is 36.5 Å². The maximum atomic E-state index is 12.7. The van der Waals surface area contributed by atoms with Crippen LogP contribution in [0.5, 0.6) is 23.0 Å². The second-order valence-corrected chi connectivity index (χ2v) is 14.3. The number of carbonyl (C=O) groups excluding carboxylic acids is 2. The monoisotopic (exact) mass is 836 g/mol. The van der Waals surface area contributed by atoms with Crippen LogP contribution < -0.4 is 20.1 Å². The summed E-state index contributed by atoms with van der Waals surface area (Å²) >= 11 is 12.4. The van der Waals surface area contributed by atoms with Crippen molar-refractivity contribution in [1.82, 2.24) is 20.6 Å². The number of rotatable bonds is 12. The molecule has 4 N–H and O–H groups in total. The fourth-order valence-corrected chi connectivity index (χ4v) is 6.89. The molecule has 0 fully saturated rings. The first-order valence-electron chi connectivity index (χ1n) is 18.8. The Hall–Kier alpha value is -7.14. The molecule has 0 radical (unpaired) electrons. The third-order valence-electron chi connectivity index (χ3n) is 9.44. The molecule has 0 aliphatic heterocycles. The van der Waals surface area contributed by atoms with E-state index >= 15 is 0 Å². The van der Waals surface area contributed by atoms with E-state index < -0.39 is 12.1 Å². The van der Waals surface area contributed by atoms with Gasteiger partial charge in [-0.05, 0) is 65.7 Å². The lowest BCUT2D eigenvalue weighted by atomic mass is 9.96. The number of amides is 2. The lowest BCUT2D eigenvalue weighted by molar-refractivity contribution is -0.124. The predicted octanol–water partition coefficient (Wildman–Crippen LogP) is 9.76. The zero-order chi connectivity index (χ0) is 41.8. The lowest BCUT2D eigenvalue weighted by Crippen LogP contribution is -2.33. The average Bonchev–Trinajstić information content (AvgIpc) is 3.28. The van der Waals surface area contributed by atoms with E-state index in [0.29, 0.717) is 49.3 Å². The van der Waals surface area contributed by atoms with Gasteiger partial charge in [0.15, 0.2) is 13.2 Å². The third-order valence-corrected chi connectivity index (χ3v) is 10.0. The second-order valence-electron chi connectivity index (χ2n) is 13.4. The highest BCUT2D eigenvalue weighted by Crippen LogP contribution is 2.37. The van der Waals surface area contributed by atoms with Crippen LogP contribution >= 0.6 is 23.2 Å². The molecule has 0 bridgehead atoms. The molecule has 10 nitrogen and oxygen atoms in total. The molecule has 0 saturated heterocycles. The zero-order valence-electron chi connectivity index (χ0n) is 31.9. The van der Waals surface area contributed by atoms with Crippen LogP contribution in [0.15, 0.2) is 170 Å². The van der Waals surface area contributed by atoms with Crippen molar-refractivity contribution in [3.63, 3.8) is 0 Å². The Morgan fingerprint density at radius 1 is 0.517 bits per heavy atom. The van der Waals surface area contributed by atoms with Gasteiger partial charge in [-0.3, -0.25) is 19.6 Å². The number of aromatic nitrogens is 2. The van der Waals surface area contributed by atoms with E-state index in [4.69, 9.17) is 32.7 Å². The molecule has 8 aromatic rings. The highest BCUT2D eigenvalue weighted by Gasteiger charge is 2.25. The van der Waals surface area contributed by atoms with E-state index in [1.807, 2.05) is 91.0 Å². The van der Waals surface area contributed by atoms with Crippen LogP contribution in [0.25, 0.3) is 21.8 Å². The average molecular weight is 838 g/mol. The smallest absolute Gasteiger partial charge is 0.258 e. The standard InChI is InChI=1S/2C24H19ClN2O3/c25-20-11-5-4-10-18(20)23(27-21(28)15-30-17-8-2-1-3-9-17)19-13-12-16-7-6-14-26-22(16)24(19)29;25-18-11-8-17(9-12-18)22(27-21(28)15-30-19-6-2-1-3-7-19)20-13-10-16-5-4-14-26-23(16)24(20)29/h1-14,23,29H,15H2,(H,27,28);1-14,22,29H,15H2,(H,27,28). The molecule has 0 spiro atoms. The number of pyridine rings is 2. The van der Waals surface area contributed by atoms with Gasteiger partial charge in [0.25, 0.3) is 11.8 Å². The fourth-order valence-electron chi connectivity index (χ4n) is 6.52. The summed E-state index contributed by atoms with van der Waals surface area (Å²) < 4.78 is 11.1. The first-order valence-corrected chi connectivity index (χ1v) is 19.6. The molecule has 2 unspecified atom stereocenters. The number of nitrogens with one attached hydrogen (secondary N) is 2. The second kappa shape index (κ2) is 19.5. The van der Waals surface area contributed by atoms with Crippen LogP contribution in [0.4, 0.5) is 0 Å². The van der Waals surface area contributed by atoms with E-state index in [1.165, 1.54) is 0 Å². The molecule has 2 atom stereocenters.